The normalized spacial score (nSPS) is 19.4. The van der Waals surface area contributed by atoms with E-state index in [0.717, 1.165) is 28.2 Å². The number of hydrazone groups is 1. The van der Waals surface area contributed by atoms with E-state index in [-0.39, 0.29) is 11.8 Å². The smallest absolute Gasteiger partial charge is 0.217 e. The largest absolute Gasteiger partial charge is 0.507 e. The molecule has 6 heteroatoms. The Hall–Kier alpha value is -3.67. The van der Waals surface area contributed by atoms with Crippen LogP contribution in [-0.2, 0) is 0 Å². The van der Waals surface area contributed by atoms with Crippen molar-refractivity contribution in [1.29, 1.82) is 0 Å². The maximum absolute atomic E-state index is 10.4. The number of hydrogen-bond acceptors (Lipinski definition) is 6. The van der Waals surface area contributed by atoms with Crippen molar-refractivity contribution in [3.63, 3.8) is 0 Å². The number of fused-ring (bicyclic) bond motifs is 3. The number of nitrogens with zero attached hydrogens (tertiary/aromatic N) is 2. The Morgan fingerprint density at radius 1 is 0.967 bits per heavy atom. The number of aromatic hydroxyl groups is 1. The standard InChI is InChI=1S/C24H22N2O4/c1-28-15-11-12-18(23(13-15)29-2)24-26-20(17-8-4-6-10-22(17)30-24)14-19(25-26)16-7-3-5-9-21(16)27/h3-13,20,24,27H,14H2,1-2H3. The van der Waals surface area contributed by atoms with Gasteiger partial charge in [-0.3, -0.25) is 0 Å². The fraction of sp³-hybridized carbons (Fsp3) is 0.208. The SMILES string of the molecule is COc1ccc(C2Oc3ccccc3C3CC(c4ccccc4O)=NN32)c(OC)c1. The first kappa shape index (κ1) is 18.4. The first-order valence-electron chi connectivity index (χ1n) is 9.81. The zero-order chi connectivity index (χ0) is 20.7. The van der Waals surface area contributed by atoms with Crippen LogP contribution in [0.25, 0.3) is 0 Å². The Labute approximate surface area is 174 Å². The Bertz CT molecular complexity index is 1130. The molecule has 2 heterocycles. The van der Waals surface area contributed by atoms with E-state index in [9.17, 15) is 5.11 Å². The molecule has 5 rings (SSSR count). The van der Waals surface area contributed by atoms with Gasteiger partial charge in [0.2, 0.25) is 6.23 Å². The lowest BCUT2D eigenvalue weighted by molar-refractivity contribution is -0.0203. The molecule has 3 aromatic rings. The molecule has 2 unspecified atom stereocenters. The fourth-order valence-corrected chi connectivity index (χ4v) is 4.14. The summed E-state index contributed by atoms with van der Waals surface area (Å²) in [6, 6.07) is 21.0. The molecule has 0 amide bonds. The van der Waals surface area contributed by atoms with Gasteiger partial charge in [-0.25, -0.2) is 5.01 Å². The molecule has 3 aromatic carbocycles. The molecule has 0 fully saturated rings. The van der Waals surface area contributed by atoms with E-state index in [1.165, 1.54) is 0 Å². The van der Waals surface area contributed by atoms with Crippen LogP contribution in [0, 0.1) is 0 Å². The summed E-state index contributed by atoms with van der Waals surface area (Å²) < 4.78 is 17.4. The third-order valence-corrected chi connectivity index (χ3v) is 5.62. The van der Waals surface area contributed by atoms with Crippen molar-refractivity contribution in [3.05, 3.63) is 83.4 Å². The van der Waals surface area contributed by atoms with E-state index in [1.54, 1.807) is 20.3 Å². The Morgan fingerprint density at radius 2 is 1.77 bits per heavy atom. The topological polar surface area (TPSA) is 63.5 Å². The monoisotopic (exact) mass is 402 g/mol. The number of hydrogen-bond donors (Lipinski definition) is 1. The van der Waals surface area contributed by atoms with E-state index in [2.05, 4.69) is 6.07 Å². The minimum atomic E-state index is -0.464. The molecule has 0 aromatic heterocycles. The molecule has 1 N–H and O–H groups in total. The summed E-state index contributed by atoms with van der Waals surface area (Å²) in [5, 5.41) is 17.2. The minimum absolute atomic E-state index is 0.00126. The van der Waals surface area contributed by atoms with E-state index < -0.39 is 6.23 Å². The molecular weight excluding hydrogens is 380 g/mol. The van der Waals surface area contributed by atoms with Gasteiger partial charge in [0.15, 0.2) is 0 Å². The lowest BCUT2D eigenvalue weighted by Gasteiger charge is -2.38. The van der Waals surface area contributed by atoms with Gasteiger partial charge >= 0.3 is 0 Å². The summed E-state index contributed by atoms with van der Waals surface area (Å²) in [4.78, 5) is 0. The first-order chi connectivity index (χ1) is 14.7. The molecule has 0 radical (unpaired) electrons. The maximum Gasteiger partial charge on any atom is 0.217 e. The lowest BCUT2D eigenvalue weighted by Crippen LogP contribution is -2.33. The molecule has 0 saturated heterocycles. The minimum Gasteiger partial charge on any atom is -0.507 e. The van der Waals surface area contributed by atoms with E-state index in [4.69, 9.17) is 19.3 Å². The Kier molecular flexibility index (Phi) is 4.47. The van der Waals surface area contributed by atoms with Crippen LogP contribution in [0.4, 0.5) is 0 Å². The highest BCUT2D eigenvalue weighted by molar-refractivity contribution is 6.04. The molecule has 2 atom stereocenters. The van der Waals surface area contributed by atoms with Crippen LogP contribution in [0.1, 0.15) is 35.4 Å². The molecule has 0 spiro atoms. The number of methoxy groups -OCH3 is 2. The van der Waals surface area contributed by atoms with Crippen molar-refractivity contribution in [3.8, 4) is 23.0 Å². The molecule has 6 nitrogen and oxygen atoms in total. The molecule has 152 valence electrons. The summed E-state index contributed by atoms with van der Waals surface area (Å²) in [5.74, 6) is 2.44. The van der Waals surface area contributed by atoms with Gasteiger partial charge in [0.25, 0.3) is 0 Å². The quantitative estimate of drug-likeness (QED) is 0.688. The molecule has 30 heavy (non-hydrogen) atoms. The average molecular weight is 402 g/mol. The summed E-state index contributed by atoms with van der Waals surface area (Å²) in [6.45, 7) is 0. The number of phenols is 1. The summed E-state index contributed by atoms with van der Waals surface area (Å²) in [5.41, 5.74) is 3.51. The molecule has 0 aliphatic carbocycles. The second kappa shape index (κ2) is 7.30. The molecular formula is C24H22N2O4. The first-order valence-corrected chi connectivity index (χ1v) is 9.81. The van der Waals surface area contributed by atoms with Gasteiger partial charge in [-0.05, 0) is 30.3 Å². The van der Waals surface area contributed by atoms with Crippen LogP contribution >= 0.6 is 0 Å². The maximum atomic E-state index is 10.4. The van der Waals surface area contributed by atoms with E-state index in [0.29, 0.717) is 17.9 Å². The Morgan fingerprint density at radius 3 is 2.57 bits per heavy atom. The predicted molar refractivity (Wildman–Crippen MR) is 113 cm³/mol. The number of phenolic OH excluding ortho intramolecular Hbond substituents is 1. The van der Waals surface area contributed by atoms with Gasteiger partial charge < -0.3 is 19.3 Å². The van der Waals surface area contributed by atoms with Gasteiger partial charge in [-0.15, -0.1) is 0 Å². The van der Waals surface area contributed by atoms with E-state index in [1.807, 2.05) is 59.6 Å². The summed E-state index contributed by atoms with van der Waals surface area (Å²) in [7, 11) is 3.26. The van der Waals surface area contributed by atoms with Crippen LogP contribution in [-0.4, -0.2) is 30.0 Å². The highest BCUT2D eigenvalue weighted by atomic mass is 16.5. The van der Waals surface area contributed by atoms with Crippen molar-refractivity contribution in [2.75, 3.05) is 14.2 Å². The van der Waals surface area contributed by atoms with Gasteiger partial charge in [-0.2, -0.15) is 5.10 Å². The van der Waals surface area contributed by atoms with Crippen molar-refractivity contribution < 1.29 is 19.3 Å². The number of benzene rings is 3. The second-order valence-electron chi connectivity index (χ2n) is 7.28. The summed E-state index contributed by atoms with van der Waals surface area (Å²) in [6.07, 6.45) is 0.210. The third kappa shape index (κ3) is 2.92. The second-order valence-corrected chi connectivity index (χ2v) is 7.28. The average Bonchev–Trinajstić information content (AvgIpc) is 3.24. The fourth-order valence-electron chi connectivity index (χ4n) is 4.14. The molecule has 2 aliphatic rings. The van der Waals surface area contributed by atoms with Gasteiger partial charge in [0.1, 0.15) is 23.0 Å². The van der Waals surface area contributed by atoms with Gasteiger partial charge in [-0.1, -0.05) is 30.3 Å². The Balaban J connectivity index is 1.63. The van der Waals surface area contributed by atoms with Gasteiger partial charge in [0, 0.05) is 23.6 Å². The van der Waals surface area contributed by atoms with Gasteiger partial charge in [0.05, 0.1) is 31.5 Å². The highest BCUT2D eigenvalue weighted by Crippen LogP contribution is 2.49. The lowest BCUT2D eigenvalue weighted by atomic mass is 9.95. The van der Waals surface area contributed by atoms with Crippen LogP contribution in [0.5, 0.6) is 23.0 Å². The van der Waals surface area contributed by atoms with Crippen LogP contribution in [0.3, 0.4) is 0 Å². The van der Waals surface area contributed by atoms with Crippen molar-refractivity contribution in [2.45, 2.75) is 18.7 Å². The van der Waals surface area contributed by atoms with Crippen LogP contribution in [0.2, 0.25) is 0 Å². The highest BCUT2D eigenvalue weighted by Gasteiger charge is 2.42. The van der Waals surface area contributed by atoms with E-state index >= 15 is 0 Å². The van der Waals surface area contributed by atoms with Crippen molar-refractivity contribution in [1.82, 2.24) is 5.01 Å². The van der Waals surface area contributed by atoms with Crippen LogP contribution < -0.4 is 14.2 Å². The zero-order valence-electron chi connectivity index (χ0n) is 16.8. The third-order valence-electron chi connectivity index (χ3n) is 5.62. The van der Waals surface area contributed by atoms with Crippen molar-refractivity contribution >= 4 is 5.71 Å². The predicted octanol–water partition coefficient (Wildman–Crippen LogP) is 4.65. The number of para-hydroxylation sites is 2. The summed E-state index contributed by atoms with van der Waals surface area (Å²) >= 11 is 0. The van der Waals surface area contributed by atoms with Crippen molar-refractivity contribution in [2.24, 2.45) is 5.10 Å². The zero-order valence-corrected chi connectivity index (χ0v) is 16.8. The van der Waals surface area contributed by atoms with Crippen LogP contribution in [0.15, 0.2) is 71.8 Å². The molecule has 0 saturated carbocycles. The number of rotatable bonds is 4. The number of ether oxygens (including phenoxy) is 3. The molecule has 0 bridgehead atoms. The molecule has 2 aliphatic heterocycles.